The number of ether oxygens (including phenoxy) is 1. The van der Waals surface area contributed by atoms with Crippen LogP contribution in [0, 0.1) is 17.8 Å². The molecule has 11 heavy (non-hydrogen) atoms. The van der Waals surface area contributed by atoms with E-state index in [1.807, 2.05) is 0 Å². The molecule has 0 radical (unpaired) electrons. The maximum Gasteiger partial charge on any atom is 0.305 e. The Labute approximate surface area is 66.1 Å². The highest BCUT2D eigenvalue weighted by Gasteiger charge is 2.53. The molecule has 0 unspecified atom stereocenters. The lowest BCUT2D eigenvalue weighted by Gasteiger charge is -2.01. The lowest BCUT2D eigenvalue weighted by Crippen LogP contribution is -2.16. The van der Waals surface area contributed by atoms with Gasteiger partial charge in [-0.15, -0.1) is 0 Å². The van der Waals surface area contributed by atoms with Gasteiger partial charge in [0.25, 0.3) is 0 Å². The molecule has 1 saturated carbocycles. The molecule has 1 aliphatic heterocycles. The van der Waals surface area contributed by atoms with E-state index in [4.69, 9.17) is 0 Å². The molecule has 3 heteroatoms. The third-order valence-corrected chi connectivity index (χ3v) is 2.90. The van der Waals surface area contributed by atoms with Crippen LogP contribution in [0.25, 0.3) is 0 Å². The van der Waals surface area contributed by atoms with Crippen molar-refractivity contribution in [3.63, 3.8) is 0 Å². The second-order valence-electron chi connectivity index (χ2n) is 3.43. The van der Waals surface area contributed by atoms with Crippen molar-refractivity contribution in [2.24, 2.45) is 17.8 Å². The van der Waals surface area contributed by atoms with Gasteiger partial charge in [-0.25, -0.2) is 0 Å². The van der Waals surface area contributed by atoms with E-state index in [0.29, 0.717) is 12.3 Å². The van der Waals surface area contributed by atoms with Gasteiger partial charge in [-0.2, -0.15) is 0 Å². The molecule has 62 valence electrons. The van der Waals surface area contributed by atoms with E-state index in [1.165, 1.54) is 7.11 Å². The summed E-state index contributed by atoms with van der Waals surface area (Å²) in [5.74, 6) is 2.12. The Kier molecular flexibility index (Phi) is 1.60. The number of nitrogens with one attached hydrogen (secondary N) is 1. The van der Waals surface area contributed by atoms with E-state index < -0.39 is 0 Å². The number of carbonyl (C=O) groups is 1. The first-order valence-electron chi connectivity index (χ1n) is 4.10. The predicted octanol–water partition coefficient (Wildman–Crippen LogP) is 0.0149. The Morgan fingerprint density at radius 1 is 1.55 bits per heavy atom. The molecule has 0 aromatic rings. The largest absolute Gasteiger partial charge is 0.469 e. The van der Waals surface area contributed by atoms with E-state index >= 15 is 0 Å². The van der Waals surface area contributed by atoms with Gasteiger partial charge in [0.05, 0.1) is 7.11 Å². The normalized spacial score (nSPS) is 39.9. The van der Waals surface area contributed by atoms with Crippen molar-refractivity contribution in [3.8, 4) is 0 Å². The smallest absolute Gasteiger partial charge is 0.305 e. The molecule has 1 N–H and O–H groups in total. The summed E-state index contributed by atoms with van der Waals surface area (Å²) < 4.78 is 4.61. The van der Waals surface area contributed by atoms with Crippen LogP contribution < -0.4 is 5.32 Å². The van der Waals surface area contributed by atoms with Crippen molar-refractivity contribution in [2.45, 2.75) is 6.42 Å². The van der Waals surface area contributed by atoms with E-state index in [0.717, 1.165) is 24.9 Å². The molecule has 2 atom stereocenters. The number of methoxy groups -OCH3 is 1. The monoisotopic (exact) mass is 155 g/mol. The predicted molar refractivity (Wildman–Crippen MR) is 40.0 cm³/mol. The molecule has 1 saturated heterocycles. The van der Waals surface area contributed by atoms with Gasteiger partial charge in [0.1, 0.15) is 0 Å². The number of rotatable bonds is 2. The molecular formula is C8H13NO2. The van der Waals surface area contributed by atoms with Crippen molar-refractivity contribution >= 4 is 5.97 Å². The third kappa shape index (κ3) is 1.13. The van der Waals surface area contributed by atoms with Crippen molar-refractivity contribution in [2.75, 3.05) is 20.2 Å². The van der Waals surface area contributed by atoms with Crippen LogP contribution in [-0.4, -0.2) is 26.2 Å². The van der Waals surface area contributed by atoms with Crippen LogP contribution in [0.15, 0.2) is 0 Å². The van der Waals surface area contributed by atoms with Crippen LogP contribution >= 0.6 is 0 Å². The molecule has 1 heterocycles. The van der Waals surface area contributed by atoms with Crippen LogP contribution in [0.1, 0.15) is 6.42 Å². The Morgan fingerprint density at radius 3 is 2.73 bits per heavy atom. The van der Waals surface area contributed by atoms with E-state index in [1.54, 1.807) is 0 Å². The highest BCUT2D eigenvalue weighted by molar-refractivity contribution is 5.70. The number of hydrogen-bond donors (Lipinski definition) is 1. The minimum atomic E-state index is -0.0515. The molecule has 0 amide bonds. The minimum absolute atomic E-state index is 0.0515. The molecule has 1 aliphatic carbocycles. The first-order chi connectivity index (χ1) is 5.33. The summed E-state index contributed by atoms with van der Waals surface area (Å²) in [6.07, 6.45) is 0.632. The molecule has 2 fully saturated rings. The second-order valence-corrected chi connectivity index (χ2v) is 3.43. The first kappa shape index (κ1) is 7.10. The molecule has 0 aromatic heterocycles. The van der Waals surface area contributed by atoms with Crippen molar-refractivity contribution in [1.29, 1.82) is 0 Å². The van der Waals surface area contributed by atoms with E-state index in [9.17, 15) is 4.79 Å². The van der Waals surface area contributed by atoms with Crippen molar-refractivity contribution in [1.82, 2.24) is 5.32 Å². The van der Waals surface area contributed by atoms with E-state index in [-0.39, 0.29) is 5.97 Å². The fraction of sp³-hybridized carbons (Fsp3) is 0.875. The third-order valence-electron chi connectivity index (χ3n) is 2.90. The summed E-state index contributed by atoms with van der Waals surface area (Å²) >= 11 is 0. The van der Waals surface area contributed by atoms with Gasteiger partial charge in [-0.3, -0.25) is 4.79 Å². The SMILES string of the molecule is COC(=O)CC1[C@H]2CNC[C@H]12. The Hall–Kier alpha value is -0.570. The Balaban J connectivity index is 1.79. The number of carbonyl (C=O) groups excluding carboxylic acids is 1. The average molecular weight is 155 g/mol. The van der Waals surface area contributed by atoms with Crippen molar-refractivity contribution < 1.29 is 9.53 Å². The summed E-state index contributed by atoms with van der Waals surface area (Å²) in [6, 6.07) is 0. The number of piperidine rings is 1. The van der Waals surface area contributed by atoms with Crippen molar-refractivity contribution in [3.05, 3.63) is 0 Å². The maximum atomic E-state index is 10.9. The highest BCUT2D eigenvalue weighted by Crippen LogP contribution is 2.50. The number of esters is 1. The topological polar surface area (TPSA) is 38.3 Å². The summed E-state index contributed by atoms with van der Waals surface area (Å²) in [5, 5.41) is 3.29. The van der Waals surface area contributed by atoms with Crippen LogP contribution in [-0.2, 0) is 9.53 Å². The zero-order valence-electron chi connectivity index (χ0n) is 6.67. The summed E-state index contributed by atoms with van der Waals surface area (Å²) in [4.78, 5) is 10.9. The van der Waals surface area contributed by atoms with Gasteiger partial charge < -0.3 is 10.1 Å². The van der Waals surface area contributed by atoms with Gasteiger partial charge in [0.2, 0.25) is 0 Å². The second kappa shape index (κ2) is 2.48. The average Bonchev–Trinajstić information content (AvgIpc) is 2.52. The Bertz CT molecular complexity index is 171. The summed E-state index contributed by atoms with van der Waals surface area (Å²) in [6.45, 7) is 2.21. The van der Waals surface area contributed by atoms with Crippen LogP contribution in [0.2, 0.25) is 0 Å². The highest BCUT2D eigenvalue weighted by atomic mass is 16.5. The van der Waals surface area contributed by atoms with Gasteiger partial charge in [-0.1, -0.05) is 0 Å². The number of hydrogen-bond acceptors (Lipinski definition) is 3. The minimum Gasteiger partial charge on any atom is -0.469 e. The standard InChI is InChI=1S/C8H13NO2/c1-11-8(10)2-5-6-3-9-4-7(5)6/h5-7,9H,2-4H2,1H3/t6-,7-/m1/s1. The molecule has 0 bridgehead atoms. The summed E-state index contributed by atoms with van der Waals surface area (Å²) in [5.41, 5.74) is 0. The Morgan fingerprint density at radius 2 is 2.18 bits per heavy atom. The number of fused-ring (bicyclic) bond motifs is 1. The van der Waals surface area contributed by atoms with Gasteiger partial charge >= 0.3 is 5.97 Å². The zero-order chi connectivity index (χ0) is 7.84. The fourth-order valence-electron chi connectivity index (χ4n) is 2.13. The molecule has 0 aromatic carbocycles. The van der Waals surface area contributed by atoms with Crippen LogP contribution in [0.3, 0.4) is 0 Å². The lowest BCUT2D eigenvalue weighted by atomic mass is 10.2. The molecule has 2 aliphatic rings. The maximum absolute atomic E-state index is 10.9. The van der Waals surface area contributed by atoms with Crippen LogP contribution in [0.5, 0.6) is 0 Å². The van der Waals surface area contributed by atoms with Gasteiger partial charge in [0, 0.05) is 6.42 Å². The van der Waals surface area contributed by atoms with Crippen LogP contribution in [0.4, 0.5) is 0 Å². The molecule has 3 nitrogen and oxygen atoms in total. The lowest BCUT2D eigenvalue weighted by molar-refractivity contribution is -0.141. The quantitative estimate of drug-likeness (QED) is 0.571. The van der Waals surface area contributed by atoms with Gasteiger partial charge in [0.15, 0.2) is 0 Å². The fourth-order valence-corrected chi connectivity index (χ4v) is 2.13. The molecular weight excluding hydrogens is 142 g/mol. The molecule has 2 rings (SSSR count). The zero-order valence-corrected chi connectivity index (χ0v) is 6.67. The summed E-state index contributed by atoms with van der Waals surface area (Å²) in [7, 11) is 1.46. The van der Waals surface area contributed by atoms with Gasteiger partial charge in [-0.05, 0) is 30.8 Å². The molecule has 0 spiro atoms. The van der Waals surface area contributed by atoms with E-state index in [2.05, 4.69) is 10.1 Å². The first-order valence-corrected chi connectivity index (χ1v) is 4.10.